The smallest absolute Gasteiger partial charge is 0.241 e. The van der Waals surface area contributed by atoms with E-state index in [1.807, 2.05) is 23.9 Å². The van der Waals surface area contributed by atoms with E-state index >= 15 is 0 Å². The molecule has 0 bridgehead atoms. The minimum absolute atomic E-state index is 0.139. The number of piperidine rings is 1. The van der Waals surface area contributed by atoms with Crippen LogP contribution in [-0.2, 0) is 16.1 Å². The summed E-state index contributed by atoms with van der Waals surface area (Å²) in [6.07, 6.45) is 2.39. The Hall–Kier alpha value is -1.92. The highest BCUT2D eigenvalue weighted by Crippen LogP contribution is 2.35. The molecule has 166 valence electrons. The summed E-state index contributed by atoms with van der Waals surface area (Å²) in [7, 11) is 3.84. The maximum absolute atomic E-state index is 13.4. The average Bonchev–Trinajstić information content (AvgIpc) is 2.86. The zero-order chi connectivity index (χ0) is 22.1. The number of aryl methyl sites for hydroxylation is 2. The fraction of sp³-hybridized carbons (Fsp3) is 0.667. The van der Waals surface area contributed by atoms with Crippen molar-refractivity contribution in [2.45, 2.75) is 65.2 Å². The van der Waals surface area contributed by atoms with Gasteiger partial charge in [0.2, 0.25) is 11.8 Å². The molecule has 0 saturated carbocycles. The SMILES string of the molecule is Cc1cc(C)cc(CN2C(=O)C(CC(C)C)NC23CCN(C(=O)CN(C)C)CC3)c1. The van der Waals surface area contributed by atoms with Crippen molar-refractivity contribution >= 4 is 11.8 Å². The van der Waals surface area contributed by atoms with E-state index in [9.17, 15) is 9.59 Å². The lowest BCUT2D eigenvalue weighted by Gasteiger charge is -2.45. The van der Waals surface area contributed by atoms with Crippen molar-refractivity contribution in [1.29, 1.82) is 0 Å². The van der Waals surface area contributed by atoms with E-state index in [1.54, 1.807) is 0 Å². The number of likely N-dealkylation sites (tertiary alicyclic amines) is 1. The standard InChI is InChI=1S/C24H38N4O2/c1-17(2)11-21-23(30)28(15-20-13-18(3)12-19(4)14-20)24(25-21)7-9-27(10-8-24)22(29)16-26(5)6/h12-14,17,21,25H,7-11,15-16H2,1-6H3. The van der Waals surface area contributed by atoms with Gasteiger partial charge in [-0.15, -0.1) is 0 Å². The molecule has 0 aromatic heterocycles. The van der Waals surface area contributed by atoms with Crippen molar-refractivity contribution in [3.63, 3.8) is 0 Å². The highest BCUT2D eigenvalue weighted by atomic mass is 16.2. The van der Waals surface area contributed by atoms with E-state index in [4.69, 9.17) is 0 Å². The lowest BCUT2D eigenvalue weighted by Crippen LogP contribution is -2.59. The summed E-state index contributed by atoms with van der Waals surface area (Å²) in [5, 5.41) is 3.72. The van der Waals surface area contributed by atoms with E-state index in [-0.39, 0.29) is 23.5 Å². The molecule has 6 heteroatoms. The molecule has 1 unspecified atom stereocenters. The molecule has 0 aliphatic carbocycles. The number of hydrogen-bond acceptors (Lipinski definition) is 4. The lowest BCUT2D eigenvalue weighted by atomic mass is 9.94. The molecule has 2 amide bonds. The van der Waals surface area contributed by atoms with Gasteiger partial charge in [0.25, 0.3) is 0 Å². The number of amides is 2. The largest absolute Gasteiger partial charge is 0.341 e. The average molecular weight is 415 g/mol. The molecule has 2 heterocycles. The third kappa shape index (κ3) is 5.03. The van der Waals surface area contributed by atoms with Crippen molar-refractivity contribution in [3.8, 4) is 0 Å². The Balaban J connectivity index is 1.81. The monoisotopic (exact) mass is 414 g/mol. The topological polar surface area (TPSA) is 55.9 Å². The van der Waals surface area contributed by atoms with Gasteiger partial charge in [0.1, 0.15) is 0 Å². The molecule has 2 fully saturated rings. The van der Waals surface area contributed by atoms with Crippen LogP contribution < -0.4 is 5.32 Å². The van der Waals surface area contributed by atoms with E-state index in [0.717, 1.165) is 19.3 Å². The van der Waals surface area contributed by atoms with Crippen LogP contribution in [0.25, 0.3) is 0 Å². The van der Waals surface area contributed by atoms with Crippen LogP contribution in [0.1, 0.15) is 49.8 Å². The van der Waals surface area contributed by atoms with E-state index in [2.05, 4.69) is 56.1 Å². The number of benzene rings is 1. The van der Waals surface area contributed by atoms with Gasteiger partial charge in [-0.2, -0.15) is 0 Å². The highest BCUT2D eigenvalue weighted by molar-refractivity contribution is 5.85. The summed E-state index contributed by atoms with van der Waals surface area (Å²) < 4.78 is 0. The van der Waals surface area contributed by atoms with E-state index in [1.165, 1.54) is 16.7 Å². The number of likely N-dealkylation sites (N-methyl/N-ethyl adjacent to an activating group) is 1. The number of rotatable bonds is 6. The third-order valence-electron chi connectivity index (χ3n) is 6.25. The molecule has 2 aliphatic heterocycles. The molecule has 30 heavy (non-hydrogen) atoms. The molecule has 1 spiro atoms. The van der Waals surface area contributed by atoms with Crippen molar-refractivity contribution in [2.75, 3.05) is 33.7 Å². The Morgan fingerprint density at radius 3 is 2.30 bits per heavy atom. The summed E-state index contributed by atoms with van der Waals surface area (Å²) >= 11 is 0. The fourth-order valence-electron chi connectivity index (χ4n) is 4.98. The zero-order valence-electron chi connectivity index (χ0n) is 19.5. The van der Waals surface area contributed by atoms with Gasteiger partial charge < -0.3 is 14.7 Å². The maximum atomic E-state index is 13.4. The fourth-order valence-corrected chi connectivity index (χ4v) is 4.98. The molecular weight excluding hydrogens is 376 g/mol. The molecule has 1 aromatic rings. The van der Waals surface area contributed by atoms with Crippen LogP contribution in [-0.4, -0.2) is 71.9 Å². The van der Waals surface area contributed by atoms with Crippen LogP contribution in [0.2, 0.25) is 0 Å². The Morgan fingerprint density at radius 1 is 1.17 bits per heavy atom. The Kier molecular flexibility index (Phi) is 6.88. The first kappa shape index (κ1) is 22.8. The molecular formula is C24H38N4O2. The number of carbonyl (C=O) groups excluding carboxylic acids is 2. The molecule has 1 N–H and O–H groups in total. The first-order valence-electron chi connectivity index (χ1n) is 11.2. The normalized spacial score (nSPS) is 21.3. The van der Waals surface area contributed by atoms with Gasteiger partial charge in [0.15, 0.2) is 0 Å². The summed E-state index contributed by atoms with van der Waals surface area (Å²) in [4.78, 5) is 31.9. The Labute approximate surface area is 181 Å². The molecule has 1 atom stereocenters. The Bertz CT molecular complexity index is 761. The maximum Gasteiger partial charge on any atom is 0.241 e. The van der Waals surface area contributed by atoms with Gasteiger partial charge in [-0.1, -0.05) is 43.2 Å². The third-order valence-corrected chi connectivity index (χ3v) is 6.25. The first-order chi connectivity index (χ1) is 14.1. The number of hydrogen-bond donors (Lipinski definition) is 1. The van der Waals surface area contributed by atoms with Crippen LogP contribution in [0.3, 0.4) is 0 Å². The van der Waals surface area contributed by atoms with Crippen molar-refractivity contribution in [2.24, 2.45) is 5.92 Å². The quantitative estimate of drug-likeness (QED) is 0.777. The predicted octanol–water partition coefficient (Wildman–Crippen LogP) is 2.53. The van der Waals surface area contributed by atoms with Gasteiger partial charge in [-0.3, -0.25) is 14.9 Å². The second kappa shape index (κ2) is 9.06. The molecule has 1 aromatic carbocycles. The van der Waals surface area contributed by atoms with Gasteiger partial charge in [0, 0.05) is 32.5 Å². The zero-order valence-corrected chi connectivity index (χ0v) is 19.5. The molecule has 0 radical (unpaired) electrons. The molecule has 2 saturated heterocycles. The second-order valence-corrected chi connectivity index (χ2v) is 9.90. The van der Waals surface area contributed by atoms with Gasteiger partial charge in [0.05, 0.1) is 18.2 Å². The molecule has 3 rings (SSSR count). The highest BCUT2D eigenvalue weighted by Gasteiger charge is 2.51. The minimum Gasteiger partial charge on any atom is -0.341 e. The second-order valence-electron chi connectivity index (χ2n) is 9.90. The van der Waals surface area contributed by atoms with Crippen molar-refractivity contribution in [3.05, 3.63) is 34.9 Å². The summed E-state index contributed by atoms with van der Waals surface area (Å²) in [6.45, 7) is 11.0. The predicted molar refractivity (Wildman–Crippen MR) is 120 cm³/mol. The Morgan fingerprint density at radius 2 is 1.77 bits per heavy atom. The summed E-state index contributed by atoms with van der Waals surface area (Å²) in [5.41, 5.74) is 3.27. The molecule has 2 aliphatic rings. The van der Waals surface area contributed by atoms with E-state index in [0.29, 0.717) is 32.1 Å². The van der Waals surface area contributed by atoms with Crippen LogP contribution in [0, 0.1) is 19.8 Å². The van der Waals surface area contributed by atoms with E-state index < -0.39 is 0 Å². The van der Waals surface area contributed by atoms with Crippen molar-refractivity contribution < 1.29 is 9.59 Å². The van der Waals surface area contributed by atoms with Crippen LogP contribution in [0.5, 0.6) is 0 Å². The van der Waals surface area contributed by atoms with Crippen LogP contribution in [0.4, 0.5) is 0 Å². The van der Waals surface area contributed by atoms with Gasteiger partial charge in [-0.05, 0) is 45.8 Å². The van der Waals surface area contributed by atoms with Crippen LogP contribution in [0.15, 0.2) is 18.2 Å². The number of carbonyl (C=O) groups is 2. The van der Waals surface area contributed by atoms with Gasteiger partial charge >= 0.3 is 0 Å². The minimum atomic E-state index is -0.358. The van der Waals surface area contributed by atoms with Crippen molar-refractivity contribution in [1.82, 2.24) is 20.0 Å². The number of nitrogens with one attached hydrogen (secondary N) is 1. The summed E-state index contributed by atoms with van der Waals surface area (Å²) in [6, 6.07) is 6.39. The first-order valence-corrected chi connectivity index (χ1v) is 11.2. The van der Waals surface area contributed by atoms with Gasteiger partial charge in [-0.25, -0.2) is 0 Å². The molecule has 6 nitrogen and oxygen atoms in total. The lowest BCUT2D eigenvalue weighted by molar-refractivity contribution is -0.138. The summed E-state index contributed by atoms with van der Waals surface area (Å²) in [5.74, 6) is 0.820. The van der Waals surface area contributed by atoms with Crippen LogP contribution >= 0.6 is 0 Å². The number of nitrogens with zero attached hydrogens (tertiary/aromatic N) is 3.